The van der Waals surface area contributed by atoms with Crippen LogP contribution in [0.2, 0.25) is 0 Å². The molecule has 0 aromatic heterocycles. The number of benzene rings is 1. The van der Waals surface area contributed by atoms with Gasteiger partial charge in [0.1, 0.15) is 29.2 Å². The zero-order valence-corrected chi connectivity index (χ0v) is 23.5. The summed E-state index contributed by atoms with van der Waals surface area (Å²) in [6.07, 6.45) is 11.0. The molecule has 1 aromatic rings. The third-order valence-corrected chi connectivity index (χ3v) is 8.68. The van der Waals surface area contributed by atoms with Gasteiger partial charge in [-0.1, -0.05) is 88.7 Å². The van der Waals surface area contributed by atoms with Crippen LogP contribution in [-0.2, 0) is 9.59 Å². The Kier molecular flexibility index (Phi) is 12.9. The fraction of sp³-hybridized carbons (Fsp3) is 0.571. The maximum Gasteiger partial charge on any atom is 0.311 e. The standard InChI is InChI=1S/C28H36N2O4S2/c1-5-7-9-11-13-15-22(31)33-24-19(3)20(4)25(34-23(32)16-14-12-10-8-6-2)27-26(24)35-28(36-27)21(17-29)18-30/h5-16H2,1-4H3. The molecule has 0 atom stereocenters. The smallest absolute Gasteiger partial charge is 0.311 e. The van der Waals surface area contributed by atoms with Gasteiger partial charge in [0.2, 0.25) is 0 Å². The minimum atomic E-state index is -0.308. The molecule has 0 saturated heterocycles. The molecular weight excluding hydrogens is 492 g/mol. The first-order chi connectivity index (χ1) is 17.4. The number of carbonyl (C=O) groups excluding carboxylic acids is 2. The molecule has 1 aliphatic rings. The van der Waals surface area contributed by atoms with Gasteiger partial charge < -0.3 is 9.47 Å². The number of nitrogens with zero attached hydrogens (tertiary/aromatic N) is 2. The third kappa shape index (κ3) is 8.32. The van der Waals surface area contributed by atoms with Crippen molar-refractivity contribution >= 4 is 35.5 Å². The van der Waals surface area contributed by atoms with Crippen molar-refractivity contribution in [2.45, 2.75) is 115 Å². The quantitative estimate of drug-likeness (QED) is 0.103. The van der Waals surface area contributed by atoms with Crippen LogP contribution in [0.1, 0.15) is 102 Å². The van der Waals surface area contributed by atoms with Gasteiger partial charge in [0, 0.05) is 12.8 Å². The van der Waals surface area contributed by atoms with Crippen LogP contribution in [0.3, 0.4) is 0 Å². The van der Waals surface area contributed by atoms with Gasteiger partial charge in [0.15, 0.2) is 0 Å². The summed E-state index contributed by atoms with van der Waals surface area (Å²) < 4.78 is 12.2. The first kappa shape index (κ1) is 29.8. The van der Waals surface area contributed by atoms with E-state index in [0.717, 1.165) is 64.2 Å². The van der Waals surface area contributed by atoms with E-state index in [1.54, 1.807) is 0 Å². The normalized spacial score (nSPS) is 12.0. The van der Waals surface area contributed by atoms with Gasteiger partial charge in [0.05, 0.1) is 14.0 Å². The predicted octanol–water partition coefficient (Wildman–Crippen LogP) is 8.29. The Morgan fingerprint density at radius 1 is 0.694 bits per heavy atom. The molecule has 1 aliphatic heterocycles. The van der Waals surface area contributed by atoms with Crippen LogP contribution in [0.4, 0.5) is 0 Å². The summed E-state index contributed by atoms with van der Waals surface area (Å²) in [5, 5.41) is 18.8. The van der Waals surface area contributed by atoms with Crippen LogP contribution in [0.25, 0.3) is 0 Å². The Morgan fingerprint density at radius 2 is 1.08 bits per heavy atom. The number of rotatable bonds is 14. The lowest BCUT2D eigenvalue weighted by atomic mass is 10.1. The van der Waals surface area contributed by atoms with E-state index < -0.39 is 0 Å². The lowest BCUT2D eigenvalue weighted by Gasteiger charge is -2.18. The van der Waals surface area contributed by atoms with Crippen LogP contribution in [0.15, 0.2) is 19.6 Å². The van der Waals surface area contributed by atoms with E-state index in [0.29, 0.717) is 49.5 Å². The molecule has 0 unspecified atom stereocenters. The largest absolute Gasteiger partial charge is 0.425 e. The number of esters is 2. The summed E-state index contributed by atoms with van der Waals surface area (Å²) in [7, 11) is 0. The van der Waals surface area contributed by atoms with E-state index in [1.807, 2.05) is 26.0 Å². The second-order valence-electron chi connectivity index (χ2n) is 8.93. The van der Waals surface area contributed by atoms with Crippen molar-refractivity contribution in [1.29, 1.82) is 10.5 Å². The van der Waals surface area contributed by atoms with Crippen LogP contribution >= 0.6 is 23.5 Å². The molecule has 6 nitrogen and oxygen atoms in total. The van der Waals surface area contributed by atoms with Crippen molar-refractivity contribution in [3.63, 3.8) is 0 Å². The third-order valence-electron chi connectivity index (χ3n) is 6.08. The van der Waals surface area contributed by atoms with E-state index in [2.05, 4.69) is 13.8 Å². The SMILES string of the molecule is CCCCCCCC(=O)Oc1c(C)c(C)c(OC(=O)CCCCCCC)c2c1SC(=C(C#N)C#N)S2. The lowest BCUT2D eigenvalue weighted by Crippen LogP contribution is -2.13. The fourth-order valence-corrected chi connectivity index (χ4v) is 6.44. The highest BCUT2D eigenvalue weighted by Crippen LogP contribution is 2.60. The predicted molar refractivity (Wildman–Crippen MR) is 144 cm³/mol. The van der Waals surface area contributed by atoms with E-state index in [9.17, 15) is 20.1 Å². The molecule has 0 amide bonds. The first-order valence-corrected chi connectivity index (χ1v) is 14.5. The second kappa shape index (κ2) is 15.6. The highest BCUT2D eigenvalue weighted by Gasteiger charge is 2.33. The molecule has 0 aliphatic carbocycles. The maximum atomic E-state index is 12.7. The zero-order valence-electron chi connectivity index (χ0n) is 21.8. The number of carbonyl (C=O) groups is 2. The Bertz CT molecular complexity index is 986. The fourth-order valence-electron chi connectivity index (χ4n) is 3.82. The molecular formula is C28H36N2O4S2. The summed E-state index contributed by atoms with van der Waals surface area (Å²) in [6.45, 7) is 7.97. The molecule has 0 saturated carbocycles. The molecule has 0 fully saturated rings. The average Bonchev–Trinajstić information content (AvgIpc) is 3.30. The highest BCUT2D eigenvalue weighted by molar-refractivity contribution is 8.24. The van der Waals surface area contributed by atoms with Crippen LogP contribution < -0.4 is 9.47 Å². The van der Waals surface area contributed by atoms with Gasteiger partial charge in [-0.2, -0.15) is 10.5 Å². The molecule has 1 heterocycles. The Labute approximate surface area is 223 Å². The van der Waals surface area contributed by atoms with E-state index >= 15 is 0 Å². The van der Waals surface area contributed by atoms with E-state index in [-0.39, 0.29) is 17.5 Å². The van der Waals surface area contributed by atoms with Gasteiger partial charge in [-0.05, 0) is 37.8 Å². The molecule has 36 heavy (non-hydrogen) atoms. The monoisotopic (exact) mass is 528 g/mol. The molecule has 2 rings (SSSR count). The van der Waals surface area contributed by atoms with Crippen molar-refractivity contribution in [3.05, 3.63) is 20.9 Å². The second-order valence-corrected chi connectivity index (χ2v) is 11.2. The van der Waals surface area contributed by atoms with Crippen LogP contribution in [0, 0.1) is 36.5 Å². The van der Waals surface area contributed by atoms with Crippen molar-refractivity contribution in [3.8, 4) is 23.6 Å². The molecule has 0 spiro atoms. The first-order valence-electron chi connectivity index (χ1n) is 12.9. The Balaban J connectivity index is 2.29. The Hall–Kier alpha value is -2.42. The summed E-state index contributed by atoms with van der Waals surface area (Å²) >= 11 is 2.43. The van der Waals surface area contributed by atoms with Crippen molar-refractivity contribution in [2.75, 3.05) is 0 Å². The summed E-state index contributed by atoms with van der Waals surface area (Å²) in [5.74, 6) is 0.222. The maximum absolute atomic E-state index is 12.7. The van der Waals surface area contributed by atoms with Gasteiger partial charge in [0.25, 0.3) is 0 Å². The van der Waals surface area contributed by atoms with Crippen LogP contribution in [-0.4, -0.2) is 11.9 Å². The number of nitriles is 2. The molecule has 0 radical (unpaired) electrons. The average molecular weight is 529 g/mol. The minimum Gasteiger partial charge on any atom is -0.425 e. The van der Waals surface area contributed by atoms with Gasteiger partial charge in [-0.25, -0.2) is 0 Å². The lowest BCUT2D eigenvalue weighted by molar-refractivity contribution is -0.136. The van der Waals surface area contributed by atoms with E-state index in [4.69, 9.17) is 9.47 Å². The number of hydrogen-bond acceptors (Lipinski definition) is 8. The number of unbranched alkanes of at least 4 members (excludes halogenated alkanes) is 8. The molecule has 194 valence electrons. The van der Waals surface area contributed by atoms with Gasteiger partial charge in [-0.3, -0.25) is 9.59 Å². The number of hydrogen-bond donors (Lipinski definition) is 0. The topological polar surface area (TPSA) is 100 Å². The molecule has 8 heteroatoms. The molecule has 0 bridgehead atoms. The van der Waals surface area contributed by atoms with Crippen molar-refractivity contribution < 1.29 is 19.1 Å². The van der Waals surface area contributed by atoms with Crippen molar-refractivity contribution in [2.24, 2.45) is 0 Å². The molecule has 1 aromatic carbocycles. The summed E-state index contributed by atoms with van der Waals surface area (Å²) in [4.78, 5) is 26.5. The van der Waals surface area contributed by atoms with Crippen molar-refractivity contribution in [1.82, 2.24) is 0 Å². The Morgan fingerprint density at radius 3 is 1.44 bits per heavy atom. The van der Waals surface area contributed by atoms with Gasteiger partial charge >= 0.3 is 11.9 Å². The van der Waals surface area contributed by atoms with Gasteiger partial charge in [-0.15, -0.1) is 0 Å². The zero-order chi connectivity index (χ0) is 26.5. The number of fused-ring (bicyclic) bond motifs is 1. The van der Waals surface area contributed by atoms with Crippen LogP contribution in [0.5, 0.6) is 11.5 Å². The minimum absolute atomic E-state index is 0.0158. The molecule has 0 N–H and O–H groups in total. The number of ether oxygens (including phenoxy) is 2. The van der Waals surface area contributed by atoms with E-state index in [1.165, 1.54) is 23.5 Å². The number of allylic oxidation sites excluding steroid dienone is 1. The number of thioether (sulfide) groups is 2. The summed E-state index contributed by atoms with van der Waals surface area (Å²) in [6, 6.07) is 3.86. The highest BCUT2D eigenvalue weighted by atomic mass is 32.2. The summed E-state index contributed by atoms with van der Waals surface area (Å²) in [5.41, 5.74) is 1.41.